The summed E-state index contributed by atoms with van der Waals surface area (Å²) in [5.74, 6) is 0. The number of hydrogen-bond donors (Lipinski definition) is 0. The van der Waals surface area contributed by atoms with Crippen LogP contribution in [0.3, 0.4) is 0 Å². The van der Waals surface area contributed by atoms with Crippen molar-refractivity contribution in [3.63, 3.8) is 0 Å². The van der Waals surface area contributed by atoms with Gasteiger partial charge in [0.2, 0.25) is 0 Å². The molecular weight excluding hydrogens is 695 g/mol. The Morgan fingerprint density at radius 3 is 1.68 bits per heavy atom. The predicted octanol–water partition coefficient (Wildman–Crippen LogP) is 13.0. The molecule has 0 saturated heterocycles. The molecule has 0 amide bonds. The average molecular weight is 728 g/mol. The van der Waals surface area contributed by atoms with Crippen molar-refractivity contribution in [2.75, 3.05) is 0 Å². The summed E-state index contributed by atoms with van der Waals surface area (Å²) in [6, 6.07) is 66.1. The summed E-state index contributed by atoms with van der Waals surface area (Å²) >= 11 is 0. The Kier molecular flexibility index (Phi) is 7.74. The first-order valence-electron chi connectivity index (χ1n) is 19.1. The predicted molar refractivity (Wildman–Crippen MR) is 234 cm³/mol. The van der Waals surface area contributed by atoms with E-state index in [0.717, 1.165) is 83.8 Å². The van der Waals surface area contributed by atoms with E-state index in [0.29, 0.717) is 0 Å². The lowest BCUT2D eigenvalue weighted by Crippen LogP contribution is -1.96. The first-order valence-corrected chi connectivity index (χ1v) is 19.1. The number of aromatic nitrogens is 5. The third kappa shape index (κ3) is 5.64. The summed E-state index contributed by atoms with van der Waals surface area (Å²) in [6.07, 6.45) is 3.61. The molecule has 5 heteroatoms. The zero-order valence-corrected chi connectivity index (χ0v) is 30.8. The van der Waals surface area contributed by atoms with Crippen LogP contribution in [0.2, 0.25) is 0 Å². The third-order valence-corrected chi connectivity index (χ3v) is 10.9. The summed E-state index contributed by atoms with van der Waals surface area (Å²) < 4.78 is 2.44. The highest BCUT2D eigenvalue weighted by Crippen LogP contribution is 2.43. The minimum Gasteiger partial charge on any atom is -0.309 e. The normalized spacial score (nSPS) is 11.5. The zero-order valence-electron chi connectivity index (χ0n) is 30.8. The van der Waals surface area contributed by atoms with Crippen molar-refractivity contribution in [3.8, 4) is 62.0 Å². The van der Waals surface area contributed by atoms with Gasteiger partial charge in [0.1, 0.15) is 0 Å². The molecule has 5 heterocycles. The van der Waals surface area contributed by atoms with E-state index in [9.17, 15) is 0 Å². The second-order valence-electron chi connectivity index (χ2n) is 14.3. The molecule has 0 bridgehead atoms. The number of pyridine rings is 4. The van der Waals surface area contributed by atoms with Crippen LogP contribution < -0.4 is 0 Å². The van der Waals surface area contributed by atoms with Crippen LogP contribution in [-0.2, 0) is 0 Å². The highest BCUT2D eigenvalue weighted by atomic mass is 15.0. The Labute approximate surface area is 329 Å². The van der Waals surface area contributed by atoms with E-state index in [1.165, 1.54) is 21.7 Å². The molecule has 57 heavy (non-hydrogen) atoms. The number of nitrogens with zero attached hydrogens (tertiary/aromatic N) is 5. The molecule has 0 aliphatic carbocycles. The molecule has 0 saturated carbocycles. The van der Waals surface area contributed by atoms with Gasteiger partial charge in [0.05, 0.1) is 45.0 Å². The van der Waals surface area contributed by atoms with Crippen molar-refractivity contribution in [2.24, 2.45) is 0 Å². The number of hydrogen-bond acceptors (Lipinski definition) is 4. The molecule has 5 nitrogen and oxygen atoms in total. The van der Waals surface area contributed by atoms with Crippen molar-refractivity contribution in [1.29, 1.82) is 0 Å². The summed E-state index contributed by atoms with van der Waals surface area (Å²) in [7, 11) is 0. The van der Waals surface area contributed by atoms with Gasteiger partial charge in [-0.1, -0.05) is 121 Å². The van der Waals surface area contributed by atoms with E-state index in [1.807, 2.05) is 36.4 Å². The molecule has 11 aromatic rings. The van der Waals surface area contributed by atoms with Gasteiger partial charge in [0, 0.05) is 50.8 Å². The lowest BCUT2D eigenvalue weighted by molar-refractivity contribution is 1.18. The van der Waals surface area contributed by atoms with E-state index in [-0.39, 0.29) is 0 Å². The Balaban J connectivity index is 1.12. The molecular formula is C52H33N5. The maximum atomic E-state index is 5.25. The lowest BCUT2D eigenvalue weighted by Gasteiger charge is -2.14. The molecule has 266 valence electrons. The largest absolute Gasteiger partial charge is 0.309 e. The van der Waals surface area contributed by atoms with Crippen molar-refractivity contribution in [3.05, 3.63) is 200 Å². The van der Waals surface area contributed by atoms with E-state index in [1.54, 1.807) is 12.4 Å². The lowest BCUT2D eigenvalue weighted by atomic mass is 9.96. The Bertz CT molecular complexity index is 3190. The van der Waals surface area contributed by atoms with Gasteiger partial charge in [-0.15, -0.1) is 0 Å². The van der Waals surface area contributed by atoms with Crippen LogP contribution >= 0.6 is 0 Å². The Morgan fingerprint density at radius 1 is 0.351 bits per heavy atom. The summed E-state index contributed by atoms with van der Waals surface area (Å²) in [5, 5.41) is 5.85. The van der Waals surface area contributed by atoms with Gasteiger partial charge in [-0.05, 0) is 88.8 Å². The Morgan fingerprint density at radius 2 is 0.982 bits per heavy atom. The number of fused-ring (bicyclic) bond motifs is 6. The van der Waals surface area contributed by atoms with Crippen LogP contribution in [0, 0.1) is 0 Å². The second-order valence-corrected chi connectivity index (χ2v) is 14.3. The molecule has 6 aromatic carbocycles. The molecule has 0 N–H and O–H groups in total. The average Bonchev–Trinajstić information content (AvgIpc) is 3.62. The molecule has 11 rings (SSSR count). The molecule has 0 spiro atoms. The Hall–Kier alpha value is -7.76. The fraction of sp³-hybridized carbons (Fsp3) is 0. The maximum absolute atomic E-state index is 5.25. The van der Waals surface area contributed by atoms with E-state index in [2.05, 4.69) is 166 Å². The van der Waals surface area contributed by atoms with Gasteiger partial charge < -0.3 is 4.57 Å². The zero-order chi connectivity index (χ0) is 37.7. The quantitative estimate of drug-likeness (QED) is 0.160. The number of benzene rings is 6. The maximum Gasteiger partial charge on any atom is 0.0900 e. The van der Waals surface area contributed by atoms with Crippen LogP contribution in [0.25, 0.3) is 105 Å². The fourth-order valence-corrected chi connectivity index (χ4v) is 8.23. The SMILES string of the molecule is c1ccc(-c2nc3ccccc3c3cc4c(cc23)c2cccc(-c3ccc(-c5cc(-c6ccccn6)nc(-c6ccccn6)c5)cc3)c2n4-c2ccccc2)cc1. The summed E-state index contributed by atoms with van der Waals surface area (Å²) in [6.45, 7) is 0. The van der Waals surface area contributed by atoms with E-state index >= 15 is 0 Å². The summed E-state index contributed by atoms with van der Waals surface area (Å²) in [5.41, 5.74) is 14.2. The molecule has 0 radical (unpaired) electrons. The van der Waals surface area contributed by atoms with Crippen molar-refractivity contribution < 1.29 is 0 Å². The van der Waals surface area contributed by atoms with Gasteiger partial charge in [0.25, 0.3) is 0 Å². The minimum atomic E-state index is 0.806. The van der Waals surface area contributed by atoms with Crippen LogP contribution in [0.15, 0.2) is 200 Å². The topological polar surface area (TPSA) is 56.5 Å². The first kappa shape index (κ1) is 32.7. The van der Waals surface area contributed by atoms with Gasteiger partial charge in [-0.3, -0.25) is 9.97 Å². The van der Waals surface area contributed by atoms with Gasteiger partial charge in [0.15, 0.2) is 0 Å². The van der Waals surface area contributed by atoms with Gasteiger partial charge in [-0.25, -0.2) is 9.97 Å². The standard InChI is InChI=1S/C52H33N5/c1-3-14-36(15-4-1)51-44-32-43-41-20-13-19-39(52(41)57(38-16-5-2-6-17-38)50(43)33-42(44)40-18-7-8-21-45(40)56-51)35-26-24-34(25-27-35)37-30-48(46-22-9-11-28-53-46)55-49(31-37)47-23-10-12-29-54-47/h1-33H. The van der Waals surface area contributed by atoms with Crippen LogP contribution in [0.4, 0.5) is 0 Å². The van der Waals surface area contributed by atoms with Crippen LogP contribution in [-0.4, -0.2) is 24.5 Å². The number of para-hydroxylation sites is 3. The molecule has 0 aliphatic heterocycles. The molecule has 0 atom stereocenters. The van der Waals surface area contributed by atoms with Crippen molar-refractivity contribution in [2.45, 2.75) is 0 Å². The highest BCUT2D eigenvalue weighted by Gasteiger charge is 2.20. The van der Waals surface area contributed by atoms with Crippen molar-refractivity contribution >= 4 is 43.5 Å². The molecule has 0 aliphatic rings. The van der Waals surface area contributed by atoms with E-state index in [4.69, 9.17) is 9.97 Å². The fourth-order valence-electron chi connectivity index (χ4n) is 8.23. The van der Waals surface area contributed by atoms with Gasteiger partial charge in [-0.2, -0.15) is 0 Å². The summed E-state index contributed by atoms with van der Waals surface area (Å²) in [4.78, 5) is 19.5. The van der Waals surface area contributed by atoms with Gasteiger partial charge >= 0.3 is 0 Å². The highest BCUT2D eigenvalue weighted by molar-refractivity contribution is 6.21. The minimum absolute atomic E-state index is 0.806. The molecule has 5 aromatic heterocycles. The van der Waals surface area contributed by atoms with Crippen LogP contribution in [0.1, 0.15) is 0 Å². The van der Waals surface area contributed by atoms with Crippen molar-refractivity contribution in [1.82, 2.24) is 24.5 Å². The first-order chi connectivity index (χ1) is 28.3. The van der Waals surface area contributed by atoms with Crippen LogP contribution in [0.5, 0.6) is 0 Å². The number of rotatable bonds is 6. The smallest absolute Gasteiger partial charge is 0.0900 e. The third-order valence-electron chi connectivity index (χ3n) is 10.9. The molecule has 0 fully saturated rings. The second kappa shape index (κ2) is 13.5. The van der Waals surface area contributed by atoms with E-state index < -0.39 is 0 Å². The molecule has 0 unspecified atom stereocenters. The monoisotopic (exact) mass is 727 g/mol.